The van der Waals surface area contributed by atoms with E-state index < -0.39 is 5.97 Å². The van der Waals surface area contributed by atoms with Crippen LogP contribution >= 0.6 is 0 Å². The number of carboxylic acids is 1. The van der Waals surface area contributed by atoms with Crippen LogP contribution in [0.5, 0.6) is 0 Å². The van der Waals surface area contributed by atoms with Crippen LogP contribution in [-0.2, 0) is 11.3 Å². The molecule has 2 N–H and O–H groups in total. The van der Waals surface area contributed by atoms with Crippen molar-refractivity contribution in [2.45, 2.75) is 25.5 Å². The molecule has 2 rings (SSSR count). The molecular weight excluding hydrogens is 277 g/mol. The standard InChI is InChI=1S/C15H20FNO4/c16-14-2-1-11(15(19)20)9-12(14)10-17-5-3-13(4-6-17)21-8-7-18/h1-2,9,13,18H,3-8,10H2,(H,19,20). The Labute approximate surface area is 122 Å². The van der Waals surface area contributed by atoms with Crippen molar-refractivity contribution in [3.8, 4) is 0 Å². The van der Waals surface area contributed by atoms with Crippen molar-refractivity contribution in [2.24, 2.45) is 0 Å². The van der Waals surface area contributed by atoms with E-state index in [0.29, 0.717) is 18.7 Å². The molecule has 0 aliphatic carbocycles. The Morgan fingerprint density at radius 1 is 1.38 bits per heavy atom. The summed E-state index contributed by atoms with van der Waals surface area (Å²) >= 11 is 0. The fraction of sp³-hybridized carbons (Fsp3) is 0.533. The predicted molar refractivity (Wildman–Crippen MR) is 74.7 cm³/mol. The molecular formula is C15H20FNO4. The van der Waals surface area contributed by atoms with Crippen LogP contribution in [0.25, 0.3) is 0 Å². The monoisotopic (exact) mass is 297 g/mol. The maximum Gasteiger partial charge on any atom is 0.335 e. The molecule has 1 heterocycles. The Bertz CT molecular complexity index is 487. The third-order valence-corrected chi connectivity index (χ3v) is 3.67. The Kier molecular flexibility index (Phi) is 5.67. The lowest BCUT2D eigenvalue weighted by atomic mass is 10.1. The molecule has 0 radical (unpaired) electrons. The summed E-state index contributed by atoms with van der Waals surface area (Å²) in [5, 5.41) is 17.7. The topological polar surface area (TPSA) is 70.0 Å². The van der Waals surface area contributed by atoms with E-state index >= 15 is 0 Å². The highest BCUT2D eigenvalue weighted by Crippen LogP contribution is 2.18. The first-order chi connectivity index (χ1) is 10.1. The lowest BCUT2D eigenvalue weighted by Gasteiger charge is -2.31. The summed E-state index contributed by atoms with van der Waals surface area (Å²) in [5.74, 6) is -1.42. The highest BCUT2D eigenvalue weighted by molar-refractivity contribution is 5.87. The van der Waals surface area contributed by atoms with Crippen molar-refractivity contribution in [2.75, 3.05) is 26.3 Å². The average Bonchev–Trinajstić information content (AvgIpc) is 2.48. The maximum atomic E-state index is 13.8. The van der Waals surface area contributed by atoms with Gasteiger partial charge in [-0.1, -0.05) is 0 Å². The highest BCUT2D eigenvalue weighted by atomic mass is 19.1. The van der Waals surface area contributed by atoms with E-state index in [1.54, 1.807) is 0 Å². The van der Waals surface area contributed by atoms with E-state index in [9.17, 15) is 9.18 Å². The third kappa shape index (κ3) is 4.49. The quantitative estimate of drug-likeness (QED) is 0.832. The molecule has 1 aliphatic heterocycles. The van der Waals surface area contributed by atoms with E-state index in [4.69, 9.17) is 14.9 Å². The van der Waals surface area contributed by atoms with Gasteiger partial charge in [0.2, 0.25) is 0 Å². The predicted octanol–water partition coefficient (Wildman–Crippen LogP) is 1.50. The highest BCUT2D eigenvalue weighted by Gasteiger charge is 2.20. The second kappa shape index (κ2) is 7.49. The number of rotatable bonds is 6. The molecule has 0 saturated carbocycles. The van der Waals surface area contributed by atoms with Gasteiger partial charge in [-0.05, 0) is 31.0 Å². The molecule has 6 heteroatoms. The summed E-state index contributed by atoms with van der Waals surface area (Å²) in [7, 11) is 0. The number of hydrogen-bond donors (Lipinski definition) is 2. The van der Waals surface area contributed by atoms with Crippen molar-refractivity contribution in [1.82, 2.24) is 4.90 Å². The minimum atomic E-state index is -1.05. The summed E-state index contributed by atoms with van der Waals surface area (Å²) in [6.07, 6.45) is 1.81. The number of ether oxygens (including phenoxy) is 1. The maximum absolute atomic E-state index is 13.8. The number of benzene rings is 1. The fourth-order valence-electron chi connectivity index (χ4n) is 2.52. The van der Waals surface area contributed by atoms with Crippen LogP contribution in [0.15, 0.2) is 18.2 Å². The molecule has 0 aromatic heterocycles. The van der Waals surface area contributed by atoms with Crippen molar-refractivity contribution in [3.63, 3.8) is 0 Å². The van der Waals surface area contributed by atoms with Gasteiger partial charge in [-0.15, -0.1) is 0 Å². The molecule has 1 aromatic rings. The molecule has 0 bridgehead atoms. The van der Waals surface area contributed by atoms with E-state index in [2.05, 4.69) is 4.90 Å². The van der Waals surface area contributed by atoms with Crippen molar-refractivity contribution >= 4 is 5.97 Å². The lowest BCUT2D eigenvalue weighted by Crippen LogP contribution is -2.37. The van der Waals surface area contributed by atoms with Crippen LogP contribution in [0.4, 0.5) is 4.39 Å². The third-order valence-electron chi connectivity index (χ3n) is 3.67. The second-order valence-electron chi connectivity index (χ2n) is 5.18. The van der Waals surface area contributed by atoms with Gasteiger partial charge in [0.25, 0.3) is 0 Å². The van der Waals surface area contributed by atoms with Crippen LogP contribution in [-0.4, -0.2) is 53.5 Å². The molecule has 0 amide bonds. The molecule has 1 aliphatic rings. The molecule has 5 nitrogen and oxygen atoms in total. The van der Waals surface area contributed by atoms with Crippen LogP contribution in [0, 0.1) is 5.82 Å². The molecule has 116 valence electrons. The van der Waals surface area contributed by atoms with Crippen molar-refractivity contribution in [3.05, 3.63) is 35.1 Å². The number of hydrogen-bond acceptors (Lipinski definition) is 4. The minimum absolute atomic E-state index is 0.0212. The zero-order valence-corrected chi connectivity index (χ0v) is 11.8. The van der Waals surface area contributed by atoms with Crippen LogP contribution in [0.1, 0.15) is 28.8 Å². The molecule has 0 spiro atoms. The van der Waals surface area contributed by atoms with E-state index in [1.165, 1.54) is 18.2 Å². The van der Waals surface area contributed by atoms with E-state index in [0.717, 1.165) is 25.9 Å². The number of halogens is 1. The van der Waals surface area contributed by atoms with Gasteiger partial charge in [0.15, 0.2) is 0 Å². The summed E-state index contributed by atoms with van der Waals surface area (Å²) < 4.78 is 19.2. The molecule has 1 aromatic carbocycles. The van der Waals surface area contributed by atoms with E-state index in [-0.39, 0.29) is 24.1 Å². The average molecular weight is 297 g/mol. The van der Waals surface area contributed by atoms with Gasteiger partial charge in [-0.25, -0.2) is 9.18 Å². The van der Waals surface area contributed by atoms with Crippen LogP contribution < -0.4 is 0 Å². The molecule has 0 unspecified atom stereocenters. The number of nitrogens with zero attached hydrogens (tertiary/aromatic N) is 1. The molecule has 0 atom stereocenters. The summed E-state index contributed by atoms with van der Waals surface area (Å²) in [6, 6.07) is 3.87. The van der Waals surface area contributed by atoms with Crippen LogP contribution in [0.2, 0.25) is 0 Å². The number of aromatic carboxylic acids is 1. The minimum Gasteiger partial charge on any atom is -0.478 e. The van der Waals surface area contributed by atoms with E-state index in [1.807, 2.05) is 0 Å². The summed E-state index contributed by atoms with van der Waals surface area (Å²) in [5.41, 5.74) is 0.511. The van der Waals surface area contributed by atoms with Gasteiger partial charge >= 0.3 is 5.97 Å². The number of aliphatic hydroxyl groups is 1. The van der Waals surface area contributed by atoms with Gasteiger partial charge in [-0.2, -0.15) is 0 Å². The zero-order chi connectivity index (χ0) is 15.2. The summed E-state index contributed by atoms with van der Waals surface area (Å²) in [6.45, 7) is 2.31. The first-order valence-corrected chi connectivity index (χ1v) is 7.06. The number of aliphatic hydroxyl groups excluding tert-OH is 1. The largest absolute Gasteiger partial charge is 0.478 e. The SMILES string of the molecule is O=C(O)c1ccc(F)c(CN2CCC(OCCO)CC2)c1. The lowest BCUT2D eigenvalue weighted by molar-refractivity contribution is -0.00914. The number of carboxylic acid groups (broad SMARTS) is 1. The smallest absolute Gasteiger partial charge is 0.335 e. The number of carbonyl (C=O) groups is 1. The van der Waals surface area contributed by atoms with Gasteiger partial charge < -0.3 is 14.9 Å². The van der Waals surface area contributed by atoms with Crippen molar-refractivity contribution in [1.29, 1.82) is 0 Å². The number of likely N-dealkylation sites (tertiary alicyclic amines) is 1. The number of piperidine rings is 1. The fourth-order valence-corrected chi connectivity index (χ4v) is 2.52. The molecule has 1 fully saturated rings. The zero-order valence-electron chi connectivity index (χ0n) is 11.8. The Balaban J connectivity index is 1.91. The van der Waals surface area contributed by atoms with Gasteiger partial charge in [0.05, 0.1) is 24.9 Å². The first kappa shape index (κ1) is 15.9. The molecule has 21 heavy (non-hydrogen) atoms. The Morgan fingerprint density at radius 3 is 2.71 bits per heavy atom. The van der Waals surface area contributed by atoms with Gasteiger partial charge in [0.1, 0.15) is 5.82 Å². The normalized spacial score (nSPS) is 17.0. The second-order valence-corrected chi connectivity index (χ2v) is 5.18. The Morgan fingerprint density at radius 2 is 2.10 bits per heavy atom. The van der Waals surface area contributed by atoms with Gasteiger partial charge in [0, 0.05) is 25.2 Å². The van der Waals surface area contributed by atoms with Crippen LogP contribution in [0.3, 0.4) is 0 Å². The first-order valence-electron chi connectivity index (χ1n) is 7.06. The summed E-state index contributed by atoms with van der Waals surface area (Å²) in [4.78, 5) is 13.0. The van der Waals surface area contributed by atoms with Crippen molar-refractivity contribution < 1.29 is 24.1 Å². The van der Waals surface area contributed by atoms with Gasteiger partial charge in [-0.3, -0.25) is 4.90 Å². The molecule has 1 saturated heterocycles. The Hall–Kier alpha value is -1.50.